The largest absolute Gasteiger partial charge is 0.496 e. The molecule has 0 bridgehead atoms. The Bertz CT molecular complexity index is 1480. The van der Waals surface area contributed by atoms with E-state index in [-0.39, 0.29) is 18.7 Å². The van der Waals surface area contributed by atoms with Gasteiger partial charge in [0.05, 0.1) is 24.6 Å². The highest BCUT2D eigenvalue weighted by Gasteiger charge is 2.44. The quantitative estimate of drug-likeness (QED) is 0.304. The van der Waals surface area contributed by atoms with Gasteiger partial charge in [-0.2, -0.15) is 13.2 Å². The third kappa shape index (κ3) is 6.05. The number of carbonyl (C=O) groups excluding carboxylic acids is 2. The van der Waals surface area contributed by atoms with Crippen LogP contribution in [0.1, 0.15) is 55.0 Å². The van der Waals surface area contributed by atoms with Gasteiger partial charge in [0.15, 0.2) is 0 Å². The Kier molecular flexibility index (Phi) is 8.79. The van der Waals surface area contributed by atoms with Gasteiger partial charge in [-0.05, 0) is 67.3 Å². The molecule has 3 aromatic rings. The van der Waals surface area contributed by atoms with Crippen molar-refractivity contribution in [1.82, 2.24) is 9.80 Å². The summed E-state index contributed by atoms with van der Waals surface area (Å²) in [5.74, 6) is -1.02. The number of alkyl halides is 3. The number of benzene rings is 3. The lowest BCUT2D eigenvalue weighted by molar-refractivity contribution is -0.137. The number of amides is 3. The van der Waals surface area contributed by atoms with E-state index < -0.39 is 47.9 Å². The predicted octanol–water partition coefficient (Wildman–Crippen LogP) is 7.09. The van der Waals surface area contributed by atoms with Gasteiger partial charge in [-0.15, -0.1) is 0 Å². The average molecular weight is 585 g/mol. The summed E-state index contributed by atoms with van der Waals surface area (Å²) in [6.07, 6.45) is -7.31. The molecule has 3 amide bonds. The van der Waals surface area contributed by atoms with Gasteiger partial charge in [-0.25, -0.2) is 14.5 Å². The van der Waals surface area contributed by atoms with E-state index in [2.05, 4.69) is 0 Å². The lowest BCUT2D eigenvalue weighted by Crippen LogP contribution is -2.40. The third-order valence-electron chi connectivity index (χ3n) is 7.47. The number of imide groups is 1. The fourth-order valence-corrected chi connectivity index (χ4v) is 5.09. The lowest BCUT2D eigenvalue weighted by Gasteiger charge is -2.24. The molecule has 0 unspecified atom stereocenters. The molecule has 11 heteroatoms. The maximum absolute atomic E-state index is 13.6. The van der Waals surface area contributed by atoms with E-state index in [1.54, 1.807) is 39.0 Å². The number of rotatable bonds is 8. The zero-order chi connectivity index (χ0) is 30.8. The second-order valence-corrected chi connectivity index (χ2v) is 10.0. The van der Waals surface area contributed by atoms with Crippen molar-refractivity contribution in [3.05, 3.63) is 89.0 Å². The summed E-state index contributed by atoms with van der Waals surface area (Å²) in [6.45, 7) is 4.69. The Morgan fingerprint density at radius 2 is 1.76 bits per heavy atom. The molecule has 3 atom stereocenters. The van der Waals surface area contributed by atoms with Gasteiger partial charge in [0, 0.05) is 18.7 Å². The molecule has 42 heavy (non-hydrogen) atoms. The minimum absolute atomic E-state index is 0.0574. The van der Waals surface area contributed by atoms with Crippen molar-refractivity contribution in [1.29, 1.82) is 0 Å². The number of nitrogens with zero attached hydrogens (tertiary/aromatic N) is 2. The van der Waals surface area contributed by atoms with Gasteiger partial charge in [0.1, 0.15) is 11.9 Å². The van der Waals surface area contributed by atoms with Crippen LogP contribution in [-0.2, 0) is 22.3 Å². The highest BCUT2D eigenvalue weighted by molar-refractivity contribution is 5.97. The van der Waals surface area contributed by atoms with Gasteiger partial charge in [-0.3, -0.25) is 4.79 Å². The number of cyclic esters (lactones) is 1. The summed E-state index contributed by atoms with van der Waals surface area (Å²) in [6, 6.07) is 16.5. The fourth-order valence-electron chi connectivity index (χ4n) is 5.09. The summed E-state index contributed by atoms with van der Waals surface area (Å²) >= 11 is 0. The highest BCUT2D eigenvalue weighted by atomic mass is 19.4. The minimum Gasteiger partial charge on any atom is -0.496 e. The van der Waals surface area contributed by atoms with Crippen LogP contribution in [0, 0.1) is 0 Å². The molecule has 4 rings (SSSR count). The van der Waals surface area contributed by atoms with Crippen LogP contribution in [0.15, 0.2) is 66.7 Å². The molecule has 0 aliphatic carbocycles. The number of carbonyl (C=O) groups is 3. The SMILES string of the molecule is CCN(Cc1cc(C(F)(F)F)ccc1-c1cc([C@H](C)C(=O)N2C(=O)O[C@@H](c3ccccc3)[C@H]2C)ccc1OC)C(=O)O. The van der Waals surface area contributed by atoms with Gasteiger partial charge < -0.3 is 19.5 Å². The predicted molar refractivity (Wildman–Crippen MR) is 148 cm³/mol. The summed E-state index contributed by atoms with van der Waals surface area (Å²) < 4.78 is 51.8. The van der Waals surface area contributed by atoms with Gasteiger partial charge in [-0.1, -0.05) is 42.5 Å². The van der Waals surface area contributed by atoms with Crippen LogP contribution < -0.4 is 4.74 Å². The van der Waals surface area contributed by atoms with Crippen LogP contribution in [0.25, 0.3) is 11.1 Å². The Morgan fingerprint density at radius 1 is 1.07 bits per heavy atom. The fraction of sp³-hybridized carbons (Fsp3) is 0.323. The van der Waals surface area contributed by atoms with Crippen LogP contribution in [0.2, 0.25) is 0 Å². The smallest absolute Gasteiger partial charge is 0.417 e. The first kappa shape index (κ1) is 30.4. The van der Waals surface area contributed by atoms with Crippen molar-refractivity contribution < 1.29 is 42.1 Å². The topological polar surface area (TPSA) is 96.4 Å². The second kappa shape index (κ2) is 12.1. The van der Waals surface area contributed by atoms with E-state index in [0.29, 0.717) is 22.4 Å². The van der Waals surface area contributed by atoms with Crippen LogP contribution in [-0.4, -0.2) is 52.7 Å². The summed E-state index contributed by atoms with van der Waals surface area (Å²) in [4.78, 5) is 40.2. The maximum Gasteiger partial charge on any atom is 0.417 e. The number of methoxy groups -OCH3 is 1. The normalized spacial score (nSPS) is 17.5. The molecule has 0 radical (unpaired) electrons. The Labute approximate surface area is 241 Å². The van der Waals surface area contributed by atoms with Crippen LogP contribution in [0.4, 0.5) is 22.8 Å². The molecule has 1 saturated heterocycles. The van der Waals surface area contributed by atoms with E-state index >= 15 is 0 Å². The average Bonchev–Trinajstić information content (AvgIpc) is 3.27. The molecular formula is C31H31F3N2O6. The standard InChI is InChI=1S/C31H31F3N2O6/c1-5-35(29(38)39)17-22-15-23(31(32,33)34)12-13-24(22)25-16-21(11-14-26(25)41-4)18(2)28(37)36-19(3)27(42-30(36)40)20-9-7-6-8-10-20/h6-16,18-19,27H,5,17H2,1-4H3,(H,38,39)/t18-,19+,27+/m0/s1. The number of ether oxygens (including phenoxy) is 2. The van der Waals surface area contributed by atoms with Crippen molar-refractivity contribution in [2.45, 2.75) is 51.6 Å². The number of carboxylic acid groups (broad SMARTS) is 1. The summed E-state index contributed by atoms with van der Waals surface area (Å²) in [5.41, 5.74) is 1.13. The van der Waals surface area contributed by atoms with Crippen molar-refractivity contribution >= 4 is 18.1 Å². The zero-order valence-electron chi connectivity index (χ0n) is 23.5. The molecule has 1 heterocycles. The Balaban J connectivity index is 1.72. The van der Waals surface area contributed by atoms with E-state index in [9.17, 15) is 32.7 Å². The zero-order valence-corrected chi connectivity index (χ0v) is 23.5. The van der Waals surface area contributed by atoms with Crippen molar-refractivity contribution in [2.75, 3.05) is 13.7 Å². The summed E-state index contributed by atoms with van der Waals surface area (Å²) in [7, 11) is 1.40. The number of halogens is 3. The number of hydrogen-bond acceptors (Lipinski definition) is 5. The Hall–Kier alpha value is -4.54. The van der Waals surface area contributed by atoms with E-state index in [1.165, 1.54) is 13.2 Å². The molecule has 0 aromatic heterocycles. The molecule has 1 aliphatic rings. The maximum atomic E-state index is 13.6. The molecule has 8 nitrogen and oxygen atoms in total. The van der Waals surface area contributed by atoms with Crippen LogP contribution in [0.5, 0.6) is 5.75 Å². The van der Waals surface area contributed by atoms with E-state index in [4.69, 9.17) is 9.47 Å². The monoisotopic (exact) mass is 584 g/mol. The molecule has 0 spiro atoms. The lowest BCUT2D eigenvalue weighted by atomic mass is 9.91. The first-order chi connectivity index (χ1) is 19.9. The number of hydrogen-bond donors (Lipinski definition) is 1. The molecule has 1 fully saturated rings. The van der Waals surface area contributed by atoms with Gasteiger partial charge in [0.25, 0.3) is 0 Å². The highest BCUT2D eigenvalue weighted by Crippen LogP contribution is 2.40. The van der Waals surface area contributed by atoms with Gasteiger partial charge in [0.2, 0.25) is 5.91 Å². The third-order valence-corrected chi connectivity index (χ3v) is 7.47. The van der Waals surface area contributed by atoms with Gasteiger partial charge >= 0.3 is 18.4 Å². The molecular weight excluding hydrogens is 553 g/mol. The van der Waals surface area contributed by atoms with Crippen LogP contribution >= 0.6 is 0 Å². The Morgan fingerprint density at radius 3 is 2.36 bits per heavy atom. The minimum atomic E-state index is -4.64. The molecule has 1 N–H and O–H groups in total. The first-order valence-corrected chi connectivity index (χ1v) is 13.3. The van der Waals surface area contributed by atoms with E-state index in [1.807, 2.05) is 30.3 Å². The molecule has 1 aliphatic heterocycles. The second-order valence-electron chi connectivity index (χ2n) is 10.0. The van der Waals surface area contributed by atoms with Crippen LogP contribution in [0.3, 0.4) is 0 Å². The first-order valence-electron chi connectivity index (χ1n) is 13.3. The molecule has 3 aromatic carbocycles. The summed E-state index contributed by atoms with van der Waals surface area (Å²) in [5, 5.41) is 9.54. The molecule has 0 saturated carbocycles. The molecule has 222 valence electrons. The van der Waals surface area contributed by atoms with Crippen molar-refractivity contribution in [3.63, 3.8) is 0 Å². The van der Waals surface area contributed by atoms with Crippen molar-refractivity contribution in [3.8, 4) is 16.9 Å². The van der Waals surface area contributed by atoms with Crippen molar-refractivity contribution in [2.24, 2.45) is 0 Å². The van der Waals surface area contributed by atoms with E-state index in [0.717, 1.165) is 27.5 Å².